The number of hydrogen-bond acceptors (Lipinski definition) is 2. The fraction of sp³-hybridized carbons (Fsp3) is 0.684. The summed E-state index contributed by atoms with van der Waals surface area (Å²) in [5.41, 5.74) is 10.4. The van der Waals surface area contributed by atoms with E-state index in [0.29, 0.717) is 6.04 Å². The molecule has 2 heteroatoms. The van der Waals surface area contributed by atoms with Gasteiger partial charge in [0, 0.05) is 18.3 Å². The molecule has 2 rings (SSSR count). The van der Waals surface area contributed by atoms with Crippen LogP contribution >= 0.6 is 0 Å². The summed E-state index contributed by atoms with van der Waals surface area (Å²) in [5, 5.41) is 0. The Morgan fingerprint density at radius 1 is 1.19 bits per heavy atom. The van der Waals surface area contributed by atoms with E-state index in [2.05, 4.69) is 57.9 Å². The predicted molar refractivity (Wildman–Crippen MR) is 94.1 cm³/mol. The number of hydrogen-bond donors (Lipinski definition) is 1. The Balaban J connectivity index is 0.00000106. The SMILES string of the molecule is C=C1C(C(C)(C)C)=C(C)/C(=C/C)CN1C1CCCC1.CN. The first kappa shape index (κ1) is 18.0. The highest BCUT2D eigenvalue weighted by molar-refractivity contribution is 5.49. The van der Waals surface area contributed by atoms with Crippen LogP contribution in [0, 0.1) is 5.41 Å². The zero-order chi connectivity index (χ0) is 16.2. The van der Waals surface area contributed by atoms with Crippen molar-refractivity contribution in [2.45, 2.75) is 66.3 Å². The Morgan fingerprint density at radius 2 is 1.71 bits per heavy atom. The molecular weight excluding hydrogens is 256 g/mol. The summed E-state index contributed by atoms with van der Waals surface area (Å²) in [6, 6.07) is 0.716. The van der Waals surface area contributed by atoms with Crippen LogP contribution in [0.4, 0.5) is 0 Å². The molecule has 0 saturated heterocycles. The van der Waals surface area contributed by atoms with Gasteiger partial charge >= 0.3 is 0 Å². The molecule has 2 N–H and O–H groups in total. The minimum absolute atomic E-state index is 0.173. The fourth-order valence-corrected chi connectivity index (χ4v) is 3.79. The molecule has 1 aliphatic carbocycles. The summed E-state index contributed by atoms with van der Waals surface area (Å²) < 4.78 is 0. The van der Waals surface area contributed by atoms with Gasteiger partial charge < -0.3 is 10.6 Å². The Labute approximate surface area is 131 Å². The van der Waals surface area contributed by atoms with E-state index in [-0.39, 0.29) is 5.41 Å². The molecule has 0 radical (unpaired) electrons. The molecule has 21 heavy (non-hydrogen) atoms. The van der Waals surface area contributed by atoms with Crippen molar-refractivity contribution in [2.24, 2.45) is 11.1 Å². The average Bonchev–Trinajstić information content (AvgIpc) is 2.93. The summed E-state index contributed by atoms with van der Waals surface area (Å²) in [6.07, 6.45) is 7.73. The maximum Gasteiger partial charge on any atom is 0.0431 e. The van der Waals surface area contributed by atoms with E-state index in [1.54, 1.807) is 0 Å². The van der Waals surface area contributed by atoms with E-state index in [1.807, 2.05) is 0 Å². The average molecular weight is 290 g/mol. The van der Waals surface area contributed by atoms with Crippen LogP contribution in [0.15, 0.2) is 35.1 Å². The lowest BCUT2D eigenvalue weighted by Crippen LogP contribution is -2.40. The predicted octanol–water partition coefficient (Wildman–Crippen LogP) is 4.64. The minimum atomic E-state index is 0.173. The normalized spacial score (nSPS) is 22.7. The highest BCUT2D eigenvalue weighted by atomic mass is 15.2. The maximum atomic E-state index is 4.50. The molecule has 1 saturated carbocycles. The van der Waals surface area contributed by atoms with Gasteiger partial charge in [-0.2, -0.15) is 0 Å². The van der Waals surface area contributed by atoms with Crippen LogP contribution < -0.4 is 5.73 Å². The molecule has 120 valence electrons. The molecule has 0 unspecified atom stereocenters. The molecule has 0 aromatic heterocycles. The van der Waals surface area contributed by atoms with Crippen LogP contribution in [-0.4, -0.2) is 24.5 Å². The van der Waals surface area contributed by atoms with Crippen LogP contribution in [0.3, 0.4) is 0 Å². The first-order valence-corrected chi connectivity index (χ1v) is 8.27. The van der Waals surface area contributed by atoms with Gasteiger partial charge in [-0.05, 0) is 55.9 Å². The maximum absolute atomic E-state index is 4.50. The second-order valence-electron chi connectivity index (χ2n) is 7.08. The van der Waals surface area contributed by atoms with Crippen molar-refractivity contribution in [3.8, 4) is 0 Å². The van der Waals surface area contributed by atoms with Crippen molar-refractivity contribution < 1.29 is 0 Å². The Bertz CT molecular complexity index is 429. The highest BCUT2D eigenvalue weighted by Gasteiger charge is 2.34. The molecule has 0 spiro atoms. The third-order valence-corrected chi connectivity index (χ3v) is 4.70. The van der Waals surface area contributed by atoms with Crippen LogP contribution in [0.2, 0.25) is 0 Å². The van der Waals surface area contributed by atoms with Crippen molar-refractivity contribution in [1.29, 1.82) is 0 Å². The summed E-state index contributed by atoms with van der Waals surface area (Å²) in [7, 11) is 1.50. The lowest BCUT2D eigenvalue weighted by atomic mass is 9.77. The summed E-state index contributed by atoms with van der Waals surface area (Å²) >= 11 is 0. The molecule has 0 aromatic rings. The summed E-state index contributed by atoms with van der Waals surface area (Å²) in [6.45, 7) is 16.9. The molecule has 0 atom stereocenters. The largest absolute Gasteiger partial charge is 0.364 e. The van der Waals surface area contributed by atoms with E-state index >= 15 is 0 Å². The summed E-state index contributed by atoms with van der Waals surface area (Å²) in [4.78, 5) is 2.58. The van der Waals surface area contributed by atoms with E-state index in [0.717, 1.165) is 6.54 Å². The standard InChI is InChI=1S/C18H29N.CH5N/c1-7-15-12-19(16-10-8-9-11-16)14(3)17(13(15)2)18(4,5)6;1-2/h7,16H,3,8-12H2,1-2,4-6H3;2H2,1H3/b15-7+;. The van der Waals surface area contributed by atoms with Gasteiger partial charge in [-0.25, -0.2) is 0 Å². The molecule has 1 fully saturated rings. The van der Waals surface area contributed by atoms with Crippen LogP contribution in [0.25, 0.3) is 0 Å². The van der Waals surface area contributed by atoms with E-state index in [1.165, 1.54) is 55.1 Å². The van der Waals surface area contributed by atoms with Gasteiger partial charge in [0.1, 0.15) is 0 Å². The third-order valence-electron chi connectivity index (χ3n) is 4.70. The molecule has 0 amide bonds. The van der Waals surface area contributed by atoms with Crippen molar-refractivity contribution in [1.82, 2.24) is 4.90 Å². The van der Waals surface area contributed by atoms with E-state index in [4.69, 9.17) is 0 Å². The highest BCUT2D eigenvalue weighted by Crippen LogP contribution is 2.42. The zero-order valence-electron chi connectivity index (χ0n) is 14.9. The van der Waals surface area contributed by atoms with Crippen molar-refractivity contribution in [3.63, 3.8) is 0 Å². The van der Waals surface area contributed by atoms with Gasteiger partial charge in [0.15, 0.2) is 0 Å². The lowest BCUT2D eigenvalue weighted by molar-refractivity contribution is 0.262. The topological polar surface area (TPSA) is 29.3 Å². The monoisotopic (exact) mass is 290 g/mol. The Hall–Kier alpha value is -1.02. The van der Waals surface area contributed by atoms with Crippen molar-refractivity contribution in [3.05, 3.63) is 35.1 Å². The second-order valence-corrected chi connectivity index (χ2v) is 7.08. The molecule has 1 heterocycles. The van der Waals surface area contributed by atoms with Gasteiger partial charge in [0.2, 0.25) is 0 Å². The number of nitrogens with two attached hydrogens (primary N) is 1. The smallest absolute Gasteiger partial charge is 0.0431 e. The number of nitrogens with zero attached hydrogens (tertiary/aromatic N) is 1. The van der Waals surface area contributed by atoms with Gasteiger partial charge in [-0.15, -0.1) is 0 Å². The number of allylic oxidation sites excluding steroid dienone is 2. The third kappa shape index (κ3) is 3.79. The molecule has 0 aromatic carbocycles. The number of rotatable bonds is 1. The van der Waals surface area contributed by atoms with Crippen LogP contribution in [-0.2, 0) is 0 Å². The first-order chi connectivity index (χ1) is 9.86. The van der Waals surface area contributed by atoms with Gasteiger partial charge in [0.05, 0.1) is 0 Å². The fourth-order valence-electron chi connectivity index (χ4n) is 3.79. The molecule has 1 aliphatic heterocycles. The molecule has 0 bridgehead atoms. The van der Waals surface area contributed by atoms with E-state index < -0.39 is 0 Å². The second kappa shape index (κ2) is 7.31. The van der Waals surface area contributed by atoms with E-state index in [9.17, 15) is 0 Å². The Kier molecular flexibility index (Phi) is 6.27. The molecular formula is C19H34N2. The van der Waals surface area contributed by atoms with Gasteiger partial charge in [-0.3, -0.25) is 0 Å². The first-order valence-electron chi connectivity index (χ1n) is 8.27. The van der Waals surface area contributed by atoms with Crippen LogP contribution in [0.1, 0.15) is 60.3 Å². The van der Waals surface area contributed by atoms with Gasteiger partial charge in [-0.1, -0.05) is 46.3 Å². The molecule has 2 aliphatic rings. The minimum Gasteiger partial charge on any atom is -0.364 e. The zero-order valence-corrected chi connectivity index (χ0v) is 14.9. The van der Waals surface area contributed by atoms with Gasteiger partial charge in [0.25, 0.3) is 0 Å². The lowest BCUT2D eigenvalue weighted by Gasteiger charge is -2.43. The summed E-state index contributed by atoms with van der Waals surface area (Å²) in [5.74, 6) is 0. The Morgan fingerprint density at radius 3 is 2.14 bits per heavy atom. The molecule has 2 nitrogen and oxygen atoms in total. The van der Waals surface area contributed by atoms with Crippen LogP contribution in [0.5, 0.6) is 0 Å². The van der Waals surface area contributed by atoms with Crippen molar-refractivity contribution in [2.75, 3.05) is 13.6 Å². The van der Waals surface area contributed by atoms with Crippen molar-refractivity contribution >= 4 is 0 Å². The quantitative estimate of drug-likeness (QED) is 0.762.